The van der Waals surface area contributed by atoms with Crippen LogP contribution in [0.4, 0.5) is 5.69 Å². The van der Waals surface area contributed by atoms with E-state index < -0.39 is 28.5 Å². The highest BCUT2D eigenvalue weighted by atomic mass is 32.2. The van der Waals surface area contributed by atoms with E-state index in [4.69, 9.17) is 9.15 Å². The lowest BCUT2D eigenvalue weighted by Crippen LogP contribution is -2.38. The molecule has 166 valence electrons. The molecule has 1 aromatic carbocycles. The Morgan fingerprint density at radius 3 is 2.61 bits per heavy atom. The van der Waals surface area contributed by atoms with Crippen LogP contribution in [0.25, 0.3) is 6.08 Å². The summed E-state index contributed by atoms with van der Waals surface area (Å²) in [5.41, 5.74) is 0.150. The number of benzene rings is 1. The van der Waals surface area contributed by atoms with E-state index in [1.54, 1.807) is 31.3 Å². The molecule has 1 heterocycles. The molecule has 0 bridgehead atoms. The Morgan fingerprint density at radius 2 is 1.90 bits per heavy atom. The van der Waals surface area contributed by atoms with E-state index >= 15 is 0 Å². The molecule has 2 aromatic rings. The number of carbonyl (C=O) groups is 2. The van der Waals surface area contributed by atoms with Crippen molar-refractivity contribution in [3.8, 4) is 0 Å². The van der Waals surface area contributed by atoms with Crippen LogP contribution < -0.4 is 5.32 Å². The molecule has 0 atom stereocenters. The third kappa shape index (κ3) is 6.05. The number of anilines is 1. The lowest BCUT2D eigenvalue weighted by Gasteiger charge is -2.30. The summed E-state index contributed by atoms with van der Waals surface area (Å²) >= 11 is 0. The highest BCUT2D eigenvalue weighted by Crippen LogP contribution is 2.29. The Kier molecular flexibility index (Phi) is 7.64. The lowest BCUT2D eigenvalue weighted by atomic mass is 9.96. The molecule has 0 radical (unpaired) electrons. The number of esters is 1. The van der Waals surface area contributed by atoms with Gasteiger partial charge >= 0.3 is 5.97 Å². The SMILES string of the molecule is CN(C1CCCCC1)S(=O)(=O)c1ccccc1NC(=O)COC(=O)/C=C/c1ccco1. The molecule has 3 rings (SSSR count). The summed E-state index contributed by atoms with van der Waals surface area (Å²) < 4.78 is 37.7. The third-order valence-electron chi connectivity index (χ3n) is 5.18. The van der Waals surface area contributed by atoms with Crippen molar-refractivity contribution < 1.29 is 27.2 Å². The predicted octanol–water partition coefficient (Wildman–Crippen LogP) is 3.43. The maximum atomic E-state index is 13.2. The van der Waals surface area contributed by atoms with Crippen molar-refractivity contribution in [1.82, 2.24) is 4.31 Å². The molecule has 9 heteroatoms. The fraction of sp³-hybridized carbons (Fsp3) is 0.364. The maximum Gasteiger partial charge on any atom is 0.331 e. The van der Waals surface area contributed by atoms with Crippen LogP contribution in [0.3, 0.4) is 0 Å². The fourth-order valence-electron chi connectivity index (χ4n) is 3.50. The Bertz CT molecular complexity index is 1020. The zero-order chi connectivity index (χ0) is 22.3. The summed E-state index contributed by atoms with van der Waals surface area (Å²) in [7, 11) is -2.21. The molecule has 1 N–H and O–H groups in total. The van der Waals surface area contributed by atoms with E-state index in [2.05, 4.69) is 5.32 Å². The molecule has 0 aliphatic heterocycles. The van der Waals surface area contributed by atoms with E-state index in [0.29, 0.717) is 5.76 Å². The van der Waals surface area contributed by atoms with Gasteiger partial charge in [-0.2, -0.15) is 4.31 Å². The molecule has 31 heavy (non-hydrogen) atoms. The van der Waals surface area contributed by atoms with Gasteiger partial charge in [-0.1, -0.05) is 31.4 Å². The smallest absolute Gasteiger partial charge is 0.331 e. The van der Waals surface area contributed by atoms with Crippen LogP contribution in [0.1, 0.15) is 37.9 Å². The number of amides is 1. The normalized spacial score (nSPS) is 15.3. The van der Waals surface area contributed by atoms with Crippen LogP contribution in [0.2, 0.25) is 0 Å². The van der Waals surface area contributed by atoms with Gasteiger partial charge in [-0.15, -0.1) is 0 Å². The molecule has 1 aliphatic rings. The van der Waals surface area contributed by atoms with Gasteiger partial charge < -0.3 is 14.5 Å². The number of rotatable bonds is 8. The lowest BCUT2D eigenvalue weighted by molar-refractivity contribution is -0.142. The number of furan rings is 1. The molecule has 1 aliphatic carbocycles. The number of hydrogen-bond acceptors (Lipinski definition) is 6. The highest BCUT2D eigenvalue weighted by molar-refractivity contribution is 7.89. The second kappa shape index (κ2) is 10.4. The number of para-hydroxylation sites is 1. The average molecular weight is 447 g/mol. The fourth-order valence-corrected chi connectivity index (χ4v) is 5.06. The molecule has 0 spiro atoms. The van der Waals surface area contributed by atoms with Crippen molar-refractivity contribution in [2.75, 3.05) is 19.0 Å². The molecular weight excluding hydrogens is 420 g/mol. The van der Waals surface area contributed by atoms with Gasteiger partial charge in [0.1, 0.15) is 10.7 Å². The highest BCUT2D eigenvalue weighted by Gasteiger charge is 2.31. The number of carbonyl (C=O) groups excluding carboxylic acids is 2. The quantitative estimate of drug-likeness (QED) is 0.492. The van der Waals surface area contributed by atoms with Crippen molar-refractivity contribution in [1.29, 1.82) is 0 Å². The third-order valence-corrected chi connectivity index (χ3v) is 7.15. The zero-order valence-electron chi connectivity index (χ0n) is 17.3. The van der Waals surface area contributed by atoms with Gasteiger partial charge in [0, 0.05) is 19.2 Å². The van der Waals surface area contributed by atoms with Gasteiger partial charge in [-0.05, 0) is 43.2 Å². The van der Waals surface area contributed by atoms with E-state index in [1.807, 2.05) is 0 Å². The summed E-state index contributed by atoms with van der Waals surface area (Å²) in [5.74, 6) is -0.880. The van der Waals surface area contributed by atoms with Crippen molar-refractivity contribution >= 4 is 33.7 Å². The van der Waals surface area contributed by atoms with Crippen LogP contribution >= 0.6 is 0 Å². The van der Waals surface area contributed by atoms with Crippen LogP contribution in [0.5, 0.6) is 0 Å². The molecule has 1 aromatic heterocycles. The van der Waals surface area contributed by atoms with Crippen LogP contribution in [-0.4, -0.2) is 44.3 Å². The van der Waals surface area contributed by atoms with Crippen LogP contribution in [-0.2, 0) is 24.3 Å². The minimum atomic E-state index is -3.79. The number of nitrogens with zero attached hydrogens (tertiary/aromatic N) is 1. The van der Waals surface area contributed by atoms with Crippen LogP contribution in [0, 0.1) is 0 Å². The molecule has 1 saturated carbocycles. The molecule has 8 nitrogen and oxygen atoms in total. The summed E-state index contributed by atoms with van der Waals surface area (Å²) in [5, 5.41) is 2.53. The minimum Gasteiger partial charge on any atom is -0.465 e. The molecular formula is C22H26N2O6S. The number of nitrogens with one attached hydrogen (secondary N) is 1. The molecule has 0 unspecified atom stereocenters. The maximum absolute atomic E-state index is 13.2. The predicted molar refractivity (Wildman–Crippen MR) is 116 cm³/mol. The van der Waals surface area contributed by atoms with E-state index in [0.717, 1.165) is 38.2 Å². The van der Waals surface area contributed by atoms with E-state index in [9.17, 15) is 18.0 Å². The zero-order valence-corrected chi connectivity index (χ0v) is 18.1. The summed E-state index contributed by atoms with van der Waals surface area (Å²) in [4.78, 5) is 24.0. The van der Waals surface area contributed by atoms with Crippen molar-refractivity contribution in [2.45, 2.75) is 43.0 Å². The standard InChI is InChI=1S/C22H26N2O6S/c1-24(17-8-3-2-4-9-17)31(27,28)20-12-6-5-11-19(20)23-21(25)16-30-22(26)14-13-18-10-7-15-29-18/h5-7,10-15,17H,2-4,8-9,16H2,1H3,(H,23,25)/b14-13+. The van der Waals surface area contributed by atoms with Gasteiger partial charge in [-0.3, -0.25) is 4.79 Å². The van der Waals surface area contributed by atoms with Crippen molar-refractivity contribution in [3.63, 3.8) is 0 Å². The van der Waals surface area contributed by atoms with Gasteiger partial charge in [0.2, 0.25) is 10.0 Å². The van der Waals surface area contributed by atoms with Crippen molar-refractivity contribution in [3.05, 3.63) is 54.5 Å². The Morgan fingerprint density at radius 1 is 1.16 bits per heavy atom. The van der Waals surface area contributed by atoms with Crippen LogP contribution in [0.15, 0.2) is 58.1 Å². The second-order valence-electron chi connectivity index (χ2n) is 7.31. The topological polar surface area (TPSA) is 106 Å². The largest absolute Gasteiger partial charge is 0.465 e. The van der Waals surface area contributed by atoms with Gasteiger partial charge in [0.15, 0.2) is 6.61 Å². The average Bonchev–Trinajstić information content (AvgIpc) is 3.30. The first-order chi connectivity index (χ1) is 14.9. The van der Waals surface area contributed by atoms with Gasteiger partial charge in [-0.25, -0.2) is 13.2 Å². The van der Waals surface area contributed by atoms with Gasteiger partial charge in [0.25, 0.3) is 5.91 Å². The summed E-state index contributed by atoms with van der Waals surface area (Å²) in [6, 6.07) is 9.50. The molecule has 0 saturated heterocycles. The van der Waals surface area contributed by atoms with E-state index in [1.165, 1.54) is 28.8 Å². The number of sulfonamides is 1. The Balaban J connectivity index is 1.63. The van der Waals surface area contributed by atoms with E-state index in [-0.39, 0.29) is 16.6 Å². The second-order valence-corrected chi connectivity index (χ2v) is 9.28. The van der Waals surface area contributed by atoms with Crippen molar-refractivity contribution in [2.24, 2.45) is 0 Å². The Labute approximate surface area is 181 Å². The Hall–Kier alpha value is -2.91. The summed E-state index contributed by atoms with van der Waals surface area (Å²) in [6.45, 7) is -0.547. The minimum absolute atomic E-state index is 0.0143. The number of hydrogen-bond donors (Lipinski definition) is 1. The first kappa shape index (κ1) is 22.8. The molecule has 1 amide bonds. The number of ether oxygens (including phenoxy) is 1. The first-order valence-corrected chi connectivity index (χ1v) is 11.6. The monoisotopic (exact) mass is 446 g/mol. The summed E-state index contributed by atoms with van der Waals surface area (Å²) in [6.07, 6.45) is 8.80. The first-order valence-electron chi connectivity index (χ1n) is 10.1. The van der Waals surface area contributed by atoms with Gasteiger partial charge in [0.05, 0.1) is 12.0 Å². The molecule has 1 fully saturated rings.